The lowest BCUT2D eigenvalue weighted by molar-refractivity contribution is 0.380. The first kappa shape index (κ1) is 23.2. The van der Waals surface area contributed by atoms with Gasteiger partial charge in [0.1, 0.15) is 0 Å². The maximum absolute atomic E-state index is 5.79. The zero-order chi connectivity index (χ0) is 17.4. The summed E-state index contributed by atoms with van der Waals surface area (Å²) in [5.41, 5.74) is 0.847. The fourth-order valence-corrected chi connectivity index (χ4v) is 5.83. The van der Waals surface area contributed by atoms with Gasteiger partial charge in [0.25, 0.3) is 0 Å². The predicted octanol–water partition coefficient (Wildman–Crippen LogP) is 8.10. The third-order valence-corrected chi connectivity index (χ3v) is 9.37. The van der Waals surface area contributed by atoms with Gasteiger partial charge in [0.15, 0.2) is 8.32 Å². The molecule has 0 aliphatic rings. The van der Waals surface area contributed by atoms with Crippen molar-refractivity contribution >= 4 is 8.32 Å². The van der Waals surface area contributed by atoms with Crippen LogP contribution in [0.5, 0.6) is 0 Å². The van der Waals surface area contributed by atoms with Crippen LogP contribution in [-0.4, -0.2) is 15.4 Å². The molecule has 0 aromatic carbocycles. The number of rotatable bonds is 17. The molecule has 140 valence electrons. The van der Waals surface area contributed by atoms with Crippen LogP contribution in [0.4, 0.5) is 0 Å². The van der Waals surface area contributed by atoms with Crippen molar-refractivity contribution in [3.8, 4) is 0 Å². The van der Waals surface area contributed by atoms with E-state index < -0.39 is 8.32 Å². The largest absolute Gasteiger partial charge is 0.420 e. The Morgan fingerprint density at radius 1 is 0.652 bits per heavy atom. The summed E-state index contributed by atoms with van der Waals surface area (Å²) >= 11 is 0. The second-order valence-electron chi connectivity index (χ2n) is 7.94. The third kappa shape index (κ3) is 13.2. The molecule has 1 nitrogen and oxygen atoms in total. The van der Waals surface area contributed by atoms with Gasteiger partial charge >= 0.3 is 0 Å². The van der Waals surface area contributed by atoms with Crippen molar-refractivity contribution in [1.82, 2.24) is 0 Å². The minimum absolute atomic E-state index is 0.847. The van der Waals surface area contributed by atoms with Gasteiger partial charge in [-0.2, -0.15) is 0 Å². The molecule has 0 saturated heterocycles. The van der Waals surface area contributed by atoms with Gasteiger partial charge in [0, 0.05) is 7.11 Å². The third-order valence-electron chi connectivity index (χ3n) is 5.66. The van der Waals surface area contributed by atoms with E-state index >= 15 is 0 Å². The van der Waals surface area contributed by atoms with Crippen molar-refractivity contribution in [3.63, 3.8) is 0 Å². The molecule has 0 N–H and O–H groups in total. The van der Waals surface area contributed by atoms with Gasteiger partial charge in [-0.25, -0.2) is 0 Å². The molecule has 1 atom stereocenters. The summed E-state index contributed by atoms with van der Waals surface area (Å²) in [6.07, 6.45) is 21.5. The van der Waals surface area contributed by atoms with Crippen LogP contribution < -0.4 is 0 Å². The molecule has 0 aromatic heterocycles. The SMILES string of the molecule is CCCCCCCCCCCCCCCC(CC)[Si](C)(C)OC. The lowest BCUT2D eigenvalue weighted by atomic mass is 10.0. The Bertz CT molecular complexity index is 240. The Balaban J connectivity index is 3.33. The topological polar surface area (TPSA) is 9.23 Å². The van der Waals surface area contributed by atoms with Crippen LogP contribution in [0.1, 0.15) is 110 Å². The number of hydrogen-bond donors (Lipinski definition) is 0. The van der Waals surface area contributed by atoms with E-state index in [4.69, 9.17) is 4.43 Å². The van der Waals surface area contributed by atoms with E-state index in [9.17, 15) is 0 Å². The molecule has 0 radical (unpaired) electrons. The van der Waals surface area contributed by atoms with Crippen molar-refractivity contribution in [3.05, 3.63) is 0 Å². The lowest BCUT2D eigenvalue weighted by Crippen LogP contribution is -2.35. The summed E-state index contributed by atoms with van der Waals surface area (Å²) in [5.74, 6) is 0. The number of unbranched alkanes of at least 4 members (excludes halogenated alkanes) is 12. The summed E-state index contributed by atoms with van der Waals surface area (Å²) in [6.45, 7) is 9.39. The maximum atomic E-state index is 5.79. The van der Waals surface area contributed by atoms with Crippen LogP contribution in [0.2, 0.25) is 18.6 Å². The summed E-state index contributed by atoms with van der Waals surface area (Å²) in [5, 5.41) is 0. The van der Waals surface area contributed by atoms with E-state index in [0.717, 1.165) is 5.54 Å². The quantitative estimate of drug-likeness (QED) is 0.192. The van der Waals surface area contributed by atoms with Gasteiger partial charge in [-0.1, -0.05) is 110 Å². The molecular weight excluding hydrogens is 296 g/mol. The average molecular weight is 343 g/mol. The highest BCUT2D eigenvalue weighted by Crippen LogP contribution is 2.31. The van der Waals surface area contributed by atoms with E-state index in [1.807, 2.05) is 7.11 Å². The Morgan fingerprint density at radius 3 is 1.39 bits per heavy atom. The lowest BCUT2D eigenvalue weighted by Gasteiger charge is -2.30. The molecule has 1 unspecified atom stereocenters. The van der Waals surface area contributed by atoms with Crippen LogP contribution in [0.25, 0.3) is 0 Å². The Morgan fingerprint density at radius 2 is 1.04 bits per heavy atom. The van der Waals surface area contributed by atoms with E-state index in [2.05, 4.69) is 26.9 Å². The van der Waals surface area contributed by atoms with Crippen LogP contribution in [0.15, 0.2) is 0 Å². The summed E-state index contributed by atoms with van der Waals surface area (Å²) in [4.78, 5) is 0. The first-order chi connectivity index (χ1) is 11.1. The molecular formula is C21H46OSi. The zero-order valence-corrected chi connectivity index (χ0v) is 18.1. The molecule has 0 aliphatic carbocycles. The Labute approximate surface area is 149 Å². The van der Waals surface area contributed by atoms with Crippen molar-refractivity contribution in [1.29, 1.82) is 0 Å². The van der Waals surface area contributed by atoms with E-state index in [1.54, 1.807) is 0 Å². The van der Waals surface area contributed by atoms with Crippen LogP contribution in [0.3, 0.4) is 0 Å². The zero-order valence-electron chi connectivity index (χ0n) is 17.1. The van der Waals surface area contributed by atoms with E-state index in [0.29, 0.717) is 0 Å². The van der Waals surface area contributed by atoms with E-state index in [1.165, 1.54) is 96.3 Å². The first-order valence-corrected chi connectivity index (χ1v) is 13.6. The fourth-order valence-electron chi connectivity index (χ4n) is 3.62. The molecule has 0 heterocycles. The molecule has 0 spiro atoms. The maximum Gasteiger partial charge on any atom is 0.189 e. The highest BCUT2D eigenvalue weighted by atomic mass is 28.4. The van der Waals surface area contributed by atoms with Gasteiger partial charge in [-0.3, -0.25) is 0 Å². The molecule has 23 heavy (non-hydrogen) atoms. The fraction of sp³-hybridized carbons (Fsp3) is 1.00. The minimum atomic E-state index is -1.41. The molecule has 0 bridgehead atoms. The van der Waals surface area contributed by atoms with Crippen LogP contribution in [0, 0.1) is 0 Å². The van der Waals surface area contributed by atoms with Crippen molar-refractivity contribution in [2.24, 2.45) is 0 Å². The highest BCUT2D eigenvalue weighted by molar-refractivity contribution is 6.72. The van der Waals surface area contributed by atoms with Crippen LogP contribution >= 0.6 is 0 Å². The molecule has 2 heteroatoms. The Hall–Kier alpha value is 0.177. The van der Waals surface area contributed by atoms with Gasteiger partial charge in [0.05, 0.1) is 0 Å². The van der Waals surface area contributed by atoms with Crippen LogP contribution in [-0.2, 0) is 4.43 Å². The standard InChI is InChI=1S/C21H46OSi/c1-6-8-9-10-11-12-13-14-15-16-17-18-19-20-21(7-2)23(4,5)22-3/h21H,6-20H2,1-5H3. The van der Waals surface area contributed by atoms with Crippen molar-refractivity contribution < 1.29 is 4.43 Å². The summed E-state index contributed by atoms with van der Waals surface area (Å²) in [7, 11) is 0.506. The van der Waals surface area contributed by atoms with Crippen molar-refractivity contribution in [2.45, 2.75) is 129 Å². The minimum Gasteiger partial charge on any atom is -0.420 e. The molecule has 0 rings (SSSR count). The molecule has 0 aliphatic heterocycles. The normalized spacial score (nSPS) is 13.4. The smallest absolute Gasteiger partial charge is 0.189 e. The molecule has 0 amide bonds. The monoisotopic (exact) mass is 342 g/mol. The summed E-state index contributed by atoms with van der Waals surface area (Å²) < 4.78 is 5.79. The molecule has 0 saturated carbocycles. The first-order valence-electron chi connectivity index (χ1n) is 10.6. The predicted molar refractivity (Wildman–Crippen MR) is 109 cm³/mol. The second-order valence-corrected chi connectivity index (χ2v) is 12.4. The second kappa shape index (κ2) is 15.7. The van der Waals surface area contributed by atoms with Gasteiger partial charge in [-0.05, 0) is 18.6 Å². The molecule has 0 fully saturated rings. The average Bonchev–Trinajstić information content (AvgIpc) is 2.55. The Kier molecular flexibility index (Phi) is 15.8. The number of hydrogen-bond acceptors (Lipinski definition) is 1. The molecule has 0 aromatic rings. The van der Waals surface area contributed by atoms with Crippen molar-refractivity contribution in [2.75, 3.05) is 7.11 Å². The van der Waals surface area contributed by atoms with Gasteiger partial charge in [0.2, 0.25) is 0 Å². The van der Waals surface area contributed by atoms with Gasteiger partial charge < -0.3 is 4.43 Å². The summed E-state index contributed by atoms with van der Waals surface area (Å²) in [6, 6.07) is 0. The highest BCUT2D eigenvalue weighted by Gasteiger charge is 2.30. The van der Waals surface area contributed by atoms with E-state index in [-0.39, 0.29) is 0 Å². The van der Waals surface area contributed by atoms with Gasteiger partial charge in [-0.15, -0.1) is 0 Å².